The molecule has 0 aliphatic carbocycles. The quantitative estimate of drug-likeness (QED) is 0.883. The van der Waals surface area contributed by atoms with Crippen molar-refractivity contribution in [3.63, 3.8) is 0 Å². The average molecular weight is 276 g/mol. The fraction of sp³-hybridized carbons (Fsp3) is 0.615. The van der Waals surface area contributed by atoms with E-state index >= 15 is 0 Å². The smallest absolute Gasteiger partial charge is 0.163 e. The Bertz CT molecular complexity index is 604. The predicted molar refractivity (Wildman–Crippen MR) is 76.5 cm³/mol. The van der Waals surface area contributed by atoms with Gasteiger partial charge in [0.15, 0.2) is 5.65 Å². The minimum atomic E-state index is 0.457. The molecule has 3 rings (SSSR count). The number of rotatable bonds is 4. The van der Waals surface area contributed by atoms with E-state index in [1.807, 2.05) is 14.1 Å². The fourth-order valence-electron chi connectivity index (χ4n) is 2.55. The van der Waals surface area contributed by atoms with E-state index < -0.39 is 0 Å². The number of anilines is 1. The monoisotopic (exact) mass is 276 g/mol. The molecule has 20 heavy (non-hydrogen) atoms. The third-order valence-electron chi connectivity index (χ3n) is 3.80. The van der Waals surface area contributed by atoms with Crippen LogP contribution in [0.25, 0.3) is 11.0 Å². The standard InChI is InChI=1S/C13H20N6O/c1-14-12-10-6-15-19(3)13(10)17-11(16-12)7-18(2)9-4-5-20-8-9/h6,9H,4-5,7-8H2,1-3H3,(H,14,16,17). The van der Waals surface area contributed by atoms with Crippen LogP contribution in [0.15, 0.2) is 6.20 Å². The highest BCUT2D eigenvalue weighted by molar-refractivity contribution is 5.86. The van der Waals surface area contributed by atoms with Crippen molar-refractivity contribution in [3.8, 4) is 0 Å². The van der Waals surface area contributed by atoms with Gasteiger partial charge in [-0.05, 0) is 13.5 Å². The van der Waals surface area contributed by atoms with Gasteiger partial charge in [0.25, 0.3) is 0 Å². The van der Waals surface area contributed by atoms with Gasteiger partial charge in [0, 0.05) is 26.7 Å². The molecular weight excluding hydrogens is 256 g/mol. The average Bonchev–Trinajstić information content (AvgIpc) is 3.09. The normalized spacial score (nSPS) is 19.1. The van der Waals surface area contributed by atoms with Crippen LogP contribution in [-0.4, -0.2) is 58.0 Å². The van der Waals surface area contributed by atoms with Crippen molar-refractivity contribution in [3.05, 3.63) is 12.0 Å². The molecule has 0 bridgehead atoms. The molecule has 1 aliphatic rings. The van der Waals surface area contributed by atoms with Crippen LogP contribution in [0.1, 0.15) is 12.2 Å². The van der Waals surface area contributed by atoms with Crippen molar-refractivity contribution in [1.29, 1.82) is 0 Å². The zero-order valence-electron chi connectivity index (χ0n) is 12.1. The number of hydrogen-bond acceptors (Lipinski definition) is 6. The number of ether oxygens (including phenoxy) is 1. The van der Waals surface area contributed by atoms with Crippen LogP contribution in [0, 0.1) is 0 Å². The Balaban J connectivity index is 1.88. The van der Waals surface area contributed by atoms with Crippen LogP contribution in [0.5, 0.6) is 0 Å². The second-order valence-corrected chi connectivity index (χ2v) is 5.18. The number of likely N-dealkylation sites (N-methyl/N-ethyl adjacent to an activating group) is 1. The van der Waals surface area contributed by atoms with Gasteiger partial charge in [-0.15, -0.1) is 0 Å². The lowest BCUT2D eigenvalue weighted by atomic mass is 10.2. The van der Waals surface area contributed by atoms with Crippen LogP contribution in [0.4, 0.5) is 5.82 Å². The summed E-state index contributed by atoms with van der Waals surface area (Å²) >= 11 is 0. The molecule has 2 aromatic heterocycles. The van der Waals surface area contributed by atoms with E-state index in [-0.39, 0.29) is 0 Å². The van der Waals surface area contributed by atoms with E-state index in [2.05, 4.69) is 32.3 Å². The highest BCUT2D eigenvalue weighted by Crippen LogP contribution is 2.20. The fourth-order valence-corrected chi connectivity index (χ4v) is 2.55. The number of nitrogens with one attached hydrogen (secondary N) is 1. The molecule has 108 valence electrons. The molecule has 0 radical (unpaired) electrons. The Morgan fingerprint density at radius 3 is 3.05 bits per heavy atom. The van der Waals surface area contributed by atoms with Crippen LogP contribution < -0.4 is 5.32 Å². The zero-order valence-corrected chi connectivity index (χ0v) is 12.1. The summed E-state index contributed by atoms with van der Waals surface area (Å²) in [6.07, 6.45) is 2.86. The Hall–Kier alpha value is -1.73. The van der Waals surface area contributed by atoms with E-state index in [1.165, 1.54) is 0 Å². The summed E-state index contributed by atoms with van der Waals surface area (Å²) in [6.45, 7) is 2.35. The lowest BCUT2D eigenvalue weighted by Gasteiger charge is -2.22. The lowest BCUT2D eigenvalue weighted by Crippen LogP contribution is -2.32. The number of aryl methyl sites for hydroxylation is 1. The van der Waals surface area contributed by atoms with Crippen LogP contribution in [0.3, 0.4) is 0 Å². The maximum atomic E-state index is 5.43. The molecule has 0 spiro atoms. The van der Waals surface area contributed by atoms with Gasteiger partial charge >= 0.3 is 0 Å². The molecule has 0 aromatic carbocycles. The SMILES string of the molecule is CNc1nc(CN(C)C2CCOC2)nc2c1cnn2C. The summed E-state index contributed by atoms with van der Waals surface area (Å²) in [5, 5.41) is 8.31. The zero-order chi connectivity index (χ0) is 14.1. The van der Waals surface area contributed by atoms with E-state index in [4.69, 9.17) is 4.74 Å². The van der Waals surface area contributed by atoms with Crippen molar-refractivity contribution >= 4 is 16.9 Å². The summed E-state index contributed by atoms with van der Waals surface area (Å²) < 4.78 is 7.21. The minimum absolute atomic E-state index is 0.457. The topological polar surface area (TPSA) is 68.1 Å². The second-order valence-electron chi connectivity index (χ2n) is 5.18. The van der Waals surface area contributed by atoms with E-state index in [9.17, 15) is 0 Å². The van der Waals surface area contributed by atoms with Gasteiger partial charge in [0.2, 0.25) is 0 Å². The minimum Gasteiger partial charge on any atom is -0.380 e. The molecule has 1 atom stereocenters. The van der Waals surface area contributed by atoms with Crippen LogP contribution in [-0.2, 0) is 18.3 Å². The third kappa shape index (κ3) is 2.34. The number of hydrogen-bond donors (Lipinski definition) is 1. The van der Waals surface area contributed by atoms with Gasteiger partial charge in [-0.1, -0.05) is 0 Å². The molecule has 7 heteroatoms. The number of nitrogens with zero attached hydrogens (tertiary/aromatic N) is 5. The predicted octanol–water partition coefficient (Wildman–Crippen LogP) is 0.626. The molecular formula is C13H20N6O. The molecule has 1 saturated heterocycles. The summed E-state index contributed by atoms with van der Waals surface area (Å²) in [5.41, 5.74) is 0.857. The highest BCUT2D eigenvalue weighted by Gasteiger charge is 2.21. The molecule has 0 amide bonds. The Kier molecular flexibility index (Phi) is 3.54. The molecule has 1 fully saturated rings. The molecule has 1 unspecified atom stereocenters. The summed E-state index contributed by atoms with van der Waals surface area (Å²) in [4.78, 5) is 11.5. The summed E-state index contributed by atoms with van der Waals surface area (Å²) in [5.74, 6) is 1.63. The van der Waals surface area contributed by atoms with Gasteiger partial charge in [-0.3, -0.25) is 9.58 Å². The summed E-state index contributed by atoms with van der Waals surface area (Å²) in [7, 11) is 5.86. The first-order valence-electron chi connectivity index (χ1n) is 6.83. The van der Waals surface area contributed by atoms with Gasteiger partial charge in [0.05, 0.1) is 24.7 Å². The van der Waals surface area contributed by atoms with Gasteiger partial charge < -0.3 is 10.1 Å². The molecule has 2 aromatic rings. The third-order valence-corrected chi connectivity index (χ3v) is 3.80. The van der Waals surface area contributed by atoms with Crippen molar-refractivity contribution in [2.45, 2.75) is 19.0 Å². The molecule has 3 heterocycles. The number of aromatic nitrogens is 4. The van der Waals surface area contributed by atoms with E-state index in [1.54, 1.807) is 10.9 Å². The highest BCUT2D eigenvalue weighted by atomic mass is 16.5. The maximum Gasteiger partial charge on any atom is 0.163 e. The van der Waals surface area contributed by atoms with Crippen molar-refractivity contribution < 1.29 is 4.74 Å². The van der Waals surface area contributed by atoms with E-state index in [0.717, 1.165) is 42.3 Å². The lowest BCUT2D eigenvalue weighted by molar-refractivity contribution is 0.155. The Morgan fingerprint density at radius 1 is 1.50 bits per heavy atom. The van der Waals surface area contributed by atoms with Crippen molar-refractivity contribution in [2.75, 3.05) is 32.6 Å². The van der Waals surface area contributed by atoms with Gasteiger partial charge in [0.1, 0.15) is 11.6 Å². The van der Waals surface area contributed by atoms with E-state index in [0.29, 0.717) is 12.6 Å². The van der Waals surface area contributed by atoms with Gasteiger partial charge in [-0.25, -0.2) is 9.97 Å². The first kappa shape index (κ1) is 13.3. The summed E-state index contributed by atoms with van der Waals surface area (Å²) in [6, 6.07) is 0.457. The molecule has 1 N–H and O–H groups in total. The molecule has 0 saturated carbocycles. The first-order chi connectivity index (χ1) is 9.69. The largest absolute Gasteiger partial charge is 0.380 e. The Morgan fingerprint density at radius 2 is 2.35 bits per heavy atom. The van der Waals surface area contributed by atoms with Crippen molar-refractivity contribution in [2.24, 2.45) is 7.05 Å². The maximum absolute atomic E-state index is 5.43. The second kappa shape index (κ2) is 5.34. The van der Waals surface area contributed by atoms with Gasteiger partial charge in [-0.2, -0.15) is 5.10 Å². The molecule has 7 nitrogen and oxygen atoms in total. The van der Waals surface area contributed by atoms with Crippen LogP contribution >= 0.6 is 0 Å². The Labute approximate surface area is 117 Å². The first-order valence-corrected chi connectivity index (χ1v) is 6.83. The number of fused-ring (bicyclic) bond motifs is 1. The molecule has 1 aliphatic heterocycles. The van der Waals surface area contributed by atoms with Crippen molar-refractivity contribution in [1.82, 2.24) is 24.6 Å². The van der Waals surface area contributed by atoms with Crippen LogP contribution in [0.2, 0.25) is 0 Å².